The van der Waals surface area contributed by atoms with Gasteiger partial charge in [-0.25, -0.2) is 14.8 Å². The molecule has 8 heteroatoms. The number of aromatic amines is 1. The van der Waals surface area contributed by atoms with E-state index in [4.69, 9.17) is 5.11 Å². The van der Waals surface area contributed by atoms with Crippen LogP contribution in [0.15, 0.2) is 17.2 Å². The molecule has 0 aromatic carbocycles. The summed E-state index contributed by atoms with van der Waals surface area (Å²) < 4.78 is 0. The molecule has 1 amide bonds. The molecule has 0 atom stereocenters. The third kappa shape index (κ3) is 2.38. The van der Waals surface area contributed by atoms with Crippen molar-refractivity contribution in [3.05, 3.63) is 34.3 Å². The van der Waals surface area contributed by atoms with Crippen LogP contribution in [0.4, 0.5) is 0 Å². The van der Waals surface area contributed by atoms with Crippen LogP contribution in [0.5, 0.6) is 0 Å². The van der Waals surface area contributed by atoms with E-state index in [9.17, 15) is 9.59 Å². The molecule has 2 aromatic rings. The maximum atomic E-state index is 12.0. The fourth-order valence-corrected chi connectivity index (χ4v) is 1.98. The van der Waals surface area contributed by atoms with Crippen LogP contribution in [0.3, 0.4) is 0 Å². The fourth-order valence-electron chi connectivity index (χ4n) is 1.43. The highest BCUT2D eigenvalue weighted by Gasteiger charge is 2.22. The normalized spacial score (nSPS) is 10.3. The van der Waals surface area contributed by atoms with Crippen molar-refractivity contribution in [2.24, 2.45) is 0 Å². The van der Waals surface area contributed by atoms with E-state index in [1.165, 1.54) is 22.6 Å². The molecule has 94 valence electrons. The summed E-state index contributed by atoms with van der Waals surface area (Å²) in [5.41, 5.74) is 2.12. The Kier molecular flexibility index (Phi) is 3.38. The number of imidazole rings is 1. The van der Waals surface area contributed by atoms with Gasteiger partial charge in [0.15, 0.2) is 11.4 Å². The minimum absolute atomic E-state index is 0.0970. The summed E-state index contributed by atoms with van der Waals surface area (Å²) in [6, 6.07) is 0. The summed E-state index contributed by atoms with van der Waals surface area (Å²) in [5.74, 6) is -1.67. The lowest BCUT2D eigenvalue weighted by Gasteiger charge is -2.14. The maximum Gasteiger partial charge on any atom is 0.354 e. The number of carbonyl (C=O) groups excluding carboxylic acids is 1. The Morgan fingerprint density at radius 1 is 1.50 bits per heavy atom. The number of aromatic carboxylic acids is 1. The average molecular weight is 266 g/mol. The summed E-state index contributed by atoms with van der Waals surface area (Å²) in [5, 5.41) is 10.7. The van der Waals surface area contributed by atoms with Gasteiger partial charge in [-0.1, -0.05) is 0 Å². The Morgan fingerprint density at radius 2 is 2.28 bits per heavy atom. The molecule has 0 bridgehead atoms. The number of hydrogen-bond donors (Lipinski definition) is 2. The van der Waals surface area contributed by atoms with Crippen molar-refractivity contribution in [1.82, 2.24) is 19.9 Å². The monoisotopic (exact) mass is 266 g/mol. The Labute approximate surface area is 106 Å². The van der Waals surface area contributed by atoms with Crippen molar-refractivity contribution in [3.63, 3.8) is 0 Å². The first-order valence-corrected chi connectivity index (χ1v) is 5.93. The maximum absolute atomic E-state index is 12.0. The van der Waals surface area contributed by atoms with Crippen LogP contribution in [-0.4, -0.2) is 43.9 Å². The molecule has 0 aliphatic rings. The van der Waals surface area contributed by atoms with Gasteiger partial charge in [-0.05, 0) is 0 Å². The molecule has 0 aliphatic heterocycles. The minimum atomic E-state index is -1.21. The number of hydrogen-bond acceptors (Lipinski definition) is 5. The summed E-state index contributed by atoms with van der Waals surface area (Å²) in [6.45, 7) is 0.314. The molecule has 0 saturated heterocycles. The number of rotatable bonds is 4. The van der Waals surface area contributed by atoms with Crippen LogP contribution < -0.4 is 0 Å². The molecular weight excluding hydrogens is 256 g/mol. The molecule has 2 rings (SSSR count). The third-order valence-corrected chi connectivity index (χ3v) is 2.92. The van der Waals surface area contributed by atoms with Crippen LogP contribution in [0.25, 0.3) is 0 Å². The van der Waals surface area contributed by atoms with E-state index in [1.807, 2.05) is 5.38 Å². The van der Waals surface area contributed by atoms with Crippen LogP contribution in [0.2, 0.25) is 0 Å². The van der Waals surface area contributed by atoms with Gasteiger partial charge in [0.2, 0.25) is 0 Å². The number of aromatic nitrogens is 3. The van der Waals surface area contributed by atoms with Gasteiger partial charge in [0.05, 0.1) is 24.1 Å². The molecule has 7 nitrogen and oxygen atoms in total. The predicted octanol–water partition coefficient (Wildman–Crippen LogP) is 0.837. The van der Waals surface area contributed by atoms with Crippen LogP contribution in [-0.2, 0) is 6.54 Å². The first-order valence-electron chi connectivity index (χ1n) is 4.98. The third-order valence-electron chi connectivity index (χ3n) is 2.29. The van der Waals surface area contributed by atoms with Crippen molar-refractivity contribution in [2.45, 2.75) is 6.54 Å². The highest BCUT2D eigenvalue weighted by Crippen LogP contribution is 2.10. The highest BCUT2D eigenvalue weighted by atomic mass is 32.1. The summed E-state index contributed by atoms with van der Waals surface area (Å²) >= 11 is 1.43. The van der Waals surface area contributed by atoms with E-state index >= 15 is 0 Å². The summed E-state index contributed by atoms with van der Waals surface area (Å²) in [4.78, 5) is 34.5. The smallest absolute Gasteiger partial charge is 0.354 e. The molecule has 0 aliphatic carbocycles. The molecule has 0 saturated carbocycles. The van der Waals surface area contributed by atoms with Gasteiger partial charge in [0, 0.05) is 12.4 Å². The SMILES string of the molecule is CN(Cc1cscn1)C(=O)c1nc[nH]c1C(=O)O. The molecule has 18 heavy (non-hydrogen) atoms. The zero-order valence-electron chi connectivity index (χ0n) is 9.45. The van der Waals surface area contributed by atoms with Crippen molar-refractivity contribution in [1.29, 1.82) is 0 Å². The number of nitrogens with zero attached hydrogens (tertiary/aromatic N) is 3. The van der Waals surface area contributed by atoms with E-state index in [0.717, 1.165) is 5.69 Å². The Bertz CT molecular complexity index is 563. The Balaban J connectivity index is 2.15. The number of thiazole rings is 1. The Morgan fingerprint density at radius 3 is 2.89 bits per heavy atom. The van der Waals surface area contributed by atoms with Gasteiger partial charge < -0.3 is 15.0 Å². The number of carbonyl (C=O) groups is 2. The second-order valence-electron chi connectivity index (χ2n) is 3.57. The van der Waals surface area contributed by atoms with E-state index in [1.54, 1.807) is 12.6 Å². The molecule has 2 aromatic heterocycles. The lowest BCUT2D eigenvalue weighted by atomic mass is 10.3. The number of carboxylic acid groups (broad SMARTS) is 1. The van der Waals surface area contributed by atoms with Crippen LogP contribution in [0, 0.1) is 0 Å². The first kappa shape index (κ1) is 12.2. The van der Waals surface area contributed by atoms with Crippen molar-refractivity contribution in [2.75, 3.05) is 7.05 Å². The van der Waals surface area contributed by atoms with Crippen molar-refractivity contribution >= 4 is 23.2 Å². The number of H-pyrrole nitrogens is 1. The summed E-state index contributed by atoms with van der Waals surface area (Å²) in [6.07, 6.45) is 1.19. The first-order chi connectivity index (χ1) is 8.59. The topological polar surface area (TPSA) is 99.2 Å². The molecule has 0 spiro atoms. The minimum Gasteiger partial charge on any atom is -0.477 e. The van der Waals surface area contributed by atoms with Crippen molar-refractivity contribution in [3.8, 4) is 0 Å². The fraction of sp³-hybridized carbons (Fsp3) is 0.200. The van der Waals surface area contributed by atoms with Gasteiger partial charge in [-0.3, -0.25) is 4.79 Å². The summed E-state index contributed by atoms with van der Waals surface area (Å²) in [7, 11) is 1.57. The molecule has 2 heterocycles. The lowest BCUT2D eigenvalue weighted by Crippen LogP contribution is -2.28. The van der Waals surface area contributed by atoms with Gasteiger partial charge in [-0.15, -0.1) is 11.3 Å². The highest BCUT2D eigenvalue weighted by molar-refractivity contribution is 7.07. The van der Waals surface area contributed by atoms with Gasteiger partial charge >= 0.3 is 5.97 Å². The molecule has 0 unspecified atom stereocenters. The van der Waals surface area contributed by atoms with Gasteiger partial charge in [-0.2, -0.15) is 0 Å². The van der Waals surface area contributed by atoms with Gasteiger partial charge in [0.1, 0.15) is 0 Å². The quantitative estimate of drug-likeness (QED) is 0.854. The van der Waals surface area contributed by atoms with E-state index in [2.05, 4.69) is 15.0 Å². The van der Waals surface area contributed by atoms with E-state index in [-0.39, 0.29) is 11.4 Å². The predicted molar refractivity (Wildman–Crippen MR) is 63.5 cm³/mol. The standard InChI is InChI=1S/C10H10N4O3S/c1-14(2-6-3-18-5-13-6)9(15)7-8(10(16)17)12-4-11-7/h3-5H,2H2,1H3,(H,11,12)(H,16,17). The van der Waals surface area contributed by atoms with Crippen LogP contribution >= 0.6 is 11.3 Å². The van der Waals surface area contributed by atoms with E-state index < -0.39 is 11.9 Å². The van der Waals surface area contributed by atoms with Crippen LogP contribution in [0.1, 0.15) is 26.7 Å². The molecule has 0 radical (unpaired) electrons. The Hall–Kier alpha value is -2.22. The zero-order valence-corrected chi connectivity index (χ0v) is 10.3. The largest absolute Gasteiger partial charge is 0.477 e. The van der Waals surface area contributed by atoms with E-state index in [0.29, 0.717) is 6.54 Å². The lowest BCUT2D eigenvalue weighted by molar-refractivity contribution is 0.0674. The zero-order chi connectivity index (χ0) is 13.1. The second kappa shape index (κ2) is 4.96. The molecular formula is C10H10N4O3S. The van der Waals surface area contributed by atoms with Gasteiger partial charge in [0.25, 0.3) is 5.91 Å². The average Bonchev–Trinajstić information content (AvgIpc) is 2.97. The van der Waals surface area contributed by atoms with Crippen molar-refractivity contribution < 1.29 is 14.7 Å². The molecule has 2 N–H and O–H groups in total. The number of carboxylic acids is 1. The number of nitrogens with one attached hydrogen (secondary N) is 1. The molecule has 0 fully saturated rings. The second-order valence-corrected chi connectivity index (χ2v) is 4.29. The number of amides is 1.